The van der Waals surface area contributed by atoms with Crippen LogP contribution in [0, 0.1) is 0 Å². The summed E-state index contributed by atoms with van der Waals surface area (Å²) < 4.78 is 5.07. The maximum atomic E-state index is 11.7. The fourth-order valence-electron chi connectivity index (χ4n) is 1.91. The molecule has 0 aliphatic rings. The van der Waals surface area contributed by atoms with Crippen LogP contribution in [-0.4, -0.2) is 31.6 Å². The van der Waals surface area contributed by atoms with Gasteiger partial charge in [-0.15, -0.1) is 0 Å². The Hall–Kier alpha value is -3.09. The van der Waals surface area contributed by atoms with E-state index in [9.17, 15) is 9.59 Å². The molecule has 7 nitrogen and oxygen atoms in total. The molecule has 2 rings (SSSR count). The van der Waals surface area contributed by atoms with Crippen molar-refractivity contribution in [1.29, 1.82) is 0 Å². The van der Waals surface area contributed by atoms with Crippen molar-refractivity contribution in [3.05, 3.63) is 54.0 Å². The Morgan fingerprint density at radius 3 is 2.42 bits per heavy atom. The maximum absolute atomic E-state index is 11.7. The molecule has 0 saturated heterocycles. The van der Waals surface area contributed by atoms with Gasteiger partial charge in [0.05, 0.1) is 18.5 Å². The van der Waals surface area contributed by atoms with Gasteiger partial charge in [-0.3, -0.25) is 9.59 Å². The molecule has 2 aromatic rings. The van der Waals surface area contributed by atoms with Crippen LogP contribution < -0.4 is 15.6 Å². The SMILES string of the molecule is C/C(=N/NC(=O)C(=O)NCc1ccco1)c1ccc(N(C)C)cc1. The van der Waals surface area contributed by atoms with Crippen molar-refractivity contribution >= 4 is 23.2 Å². The van der Waals surface area contributed by atoms with Gasteiger partial charge in [0.2, 0.25) is 0 Å². The molecular weight excluding hydrogens is 308 g/mol. The minimum absolute atomic E-state index is 0.147. The lowest BCUT2D eigenvalue weighted by Crippen LogP contribution is -2.37. The summed E-state index contributed by atoms with van der Waals surface area (Å²) in [6.07, 6.45) is 1.50. The lowest BCUT2D eigenvalue weighted by molar-refractivity contribution is -0.139. The third-order valence-corrected chi connectivity index (χ3v) is 3.34. The topological polar surface area (TPSA) is 86.9 Å². The minimum atomic E-state index is -0.828. The van der Waals surface area contributed by atoms with Gasteiger partial charge < -0.3 is 14.6 Å². The van der Waals surface area contributed by atoms with Crippen molar-refractivity contribution in [3.8, 4) is 0 Å². The number of hydrogen-bond acceptors (Lipinski definition) is 5. The molecule has 2 amide bonds. The van der Waals surface area contributed by atoms with Gasteiger partial charge in [0, 0.05) is 19.8 Å². The van der Waals surface area contributed by atoms with Crippen LogP contribution in [0.4, 0.5) is 5.69 Å². The molecule has 0 bridgehead atoms. The lowest BCUT2D eigenvalue weighted by Gasteiger charge is -2.12. The molecule has 0 saturated carbocycles. The molecule has 0 fully saturated rings. The van der Waals surface area contributed by atoms with Crippen LogP contribution in [0.5, 0.6) is 0 Å². The third-order valence-electron chi connectivity index (χ3n) is 3.34. The van der Waals surface area contributed by atoms with E-state index in [2.05, 4.69) is 15.8 Å². The average Bonchev–Trinajstić information content (AvgIpc) is 3.10. The van der Waals surface area contributed by atoms with E-state index in [0.29, 0.717) is 11.5 Å². The molecule has 7 heteroatoms. The van der Waals surface area contributed by atoms with Crippen LogP contribution >= 0.6 is 0 Å². The number of nitrogens with one attached hydrogen (secondary N) is 2. The second-order valence-corrected chi connectivity index (χ2v) is 5.34. The molecule has 1 aromatic heterocycles. The average molecular weight is 328 g/mol. The molecule has 24 heavy (non-hydrogen) atoms. The Labute approximate surface area is 140 Å². The standard InChI is InChI=1S/C17H20N4O3/c1-12(13-6-8-14(9-7-13)21(2)3)19-20-17(23)16(22)18-11-15-5-4-10-24-15/h4-10H,11H2,1-3H3,(H,18,22)(H,20,23)/b19-12-. The highest BCUT2D eigenvalue weighted by Crippen LogP contribution is 2.12. The Kier molecular flexibility index (Phi) is 5.73. The Morgan fingerprint density at radius 1 is 1.12 bits per heavy atom. The van der Waals surface area contributed by atoms with Crippen LogP contribution in [0.2, 0.25) is 0 Å². The van der Waals surface area contributed by atoms with Crippen LogP contribution in [0.3, 0.4) is 0 Å². The number of rotatable bonds is 5. The molecule has 0 unspecified atom stereocenters. The van der Waals surface area contributed by atoms with Gasteiger partial charge in [-0.25, -0.2) is 5.43 Å². The summed E-state index contributed by atoms with van der Waals surface area (Å²) in [5.41, 5.74) is 4.77. The molecular formula is C17H20N4O3. The van der Waals surface area contributed by atoms with Crippen molar-refractivity contribution in [2.75, 3.05) is 19.0 Å². The van der Waals surface area contributed by atoms with E-state index in [1.165, 1.54) is 6.26 Å². The van der Waals surface area contributed by atoms with Crippen molar-refractivity contribution in [3.63, 3.8) is 0 Å². The number of benzene rings is 1. The molecule has 2 N–H and O–H groups in total. The van der Waals surface area contributed by atoms with E-state index in [1.54, 1.807) is 19.1 Å². The van der Waals surface area contributed by atoms with Gasteiger partial charge >= 0.3 is 11.8 Å². The molecule has 1 heterocycles. The number of nitrogens with zero attached hydrogens (tertiary/aromatic N) is 2. The van der Waals surface area contributed by atoms with Gasteiger partial charge in [0.25, 0.3) is 0 Å². The molecule has 1 aromatic carbocycles. The molecule has 0 aliphatic carbocycles. The quantitative estimate of drug-likeness (QED) is 0.495. The second-order valence-electron chi connectivity index (χ2n) is 5.34. The summed E-state index contributed by atoms with van der Waals surface area (Å²) in [4.78, 5) is 25.4. The molecule has 0 radical (unpaired) electrons. The highest BCUT2D eigenvalue weighted by molar-refractivity contribution is 6.35. The van der Waals surface area contributed by atoms with Gasteiger partial charge in [-0.05, 0) is 36.8 Å². The third kappa shape index (κ3) is 4.70. The number of anilines is 1. The van der Waals surface area contributed by atoms with Crippen LogP contribution in [0.15, 0.2) is 52.2 Å². The summed E-state index contributed by atoms with van der Waals surface area (Å²) in [5, 5.41) is 6.40. The van der Waals surface area contributed by atoms with E-state index >= 15 is 0 Å². The van der Waals surface area contributed by atoms with Crippen molar-refractivity contribution in [2.45, 2.75) is 13.5 Å². The van der Waals surface area contributed by atoms with Crippen LogP contribution in [0.1, 0.15) is 18.2 Å². The second kappa shape index (κ2) is 7.96. The summed E-state index contributed by atoms with van der Waals surface area (Å²) in [6.45, 7) is 1.90. The van der Waals surface area contributed by atoms with Crippen LogP contribution in [-0.2, 0) is 16.1 Å². The minimum Gasteiger partial charge on any atom is -0.467 e. The number of hydrazone groups is 1. The Balaban J connectivity index is 1.88. The van der Waals surface area contributed by atoms with Crippen molar-refractivity contribution in [1.82, 2.24) is 10.7 Å². The molecule has 0 aliphatic heterocycles. The predicted octanol–water partition coefficient (Wildman–Crippen LogP) is 1.50. The number of furan rings is 1. The van der Waals surface area contributed by atoms with E-state index in [1.807, 2.05) is 43.3 Å². The van der Waals surface area contributed by atoms with E-state index in [0.717, 1.165) is 11.3 Å². The zero-order valence-corrected chi connectivity index (χ0v) is 13.9. The van der Waals surface area contributed by atoms with Gasteiger partial charge in [0.1, 0.15) is 5.76 Å². The number of carbonyl (C=O) groups is 2. The normalized spacial score (nSPS) is 11.0. The summed E-state index contributed by atoms with van der Waals surface area (Å²) in [5.74, 6) is -1.03. The first-order valence-electron chi connectivity index (χ1n) is 7.40. The van der Waals surface area contributed by atoms with Gasteiger partial charge in [-0.2, -0.15) is 5.10 Å². The number of carbonyl (C=O) groups excluding carboxylic acids is 2. The first-order chi connectivity index (χ1) is 11.5. The van der Waals surface area contributed by atoms with E-state index in [4.69, 9.17) is 4.42 Å². The highest BCUT2D eigenvalue weighted by Gasteiger charge is 2.13. The van der Waals surface area contributed by atoms with Crippen molar-refractivity contribution in [2.24, 2.45) is 5.10 Å². The van der Waals surface area contributed by atoms with Crippen LogP contribution in [0.25, 0.3) is 0 Å². The summed E-state index contributed by atoms with van der Waals surface area (Å²) >= 11 is 0. The van der Waals surface area contributed by atoms with Crippen molar-refractivity contribution < 1.29 is 14.0 Å². The molecule has 0 atom stereocenters. The molecule has 0 spiro atoms. The summed E-state index contributed by atoms with van der Waals surface area (Å²) in [6, 6.07) is 11.1. The Morgan fingerprint density at radius 2 is 1.83 bits per heavy atom. The summed E-state index contributed by atoms with van der Waals surface area (Å²) in [7, 11) is 3.91. The largest absolute Gasteiger partial charge is 0.467 e. The zero-order chi connectivity index (χ0) is 17.5. The molecule has 126 valence electrons. The number of amides is 2. The fraction of sp³-hybridized carbons (Fsp3) is 0.235. The maximum Gasteiger partial charge on any atom is 0.329 e. The van der Waals surface area contributed by atoms with Gasteiger partial charge in [0.15, 0.2) is 0 Å². The predicted molar refractivity (Wildman–Crippen MR) is 91.7 cm³/mol. The fourth-order valence-corrected chi connectivity index (χ4v) is 1.91. The van der Waals surface area contributed by atoms with Gasteiger partial charge in [-0.1, -0.05) is 12.1 Å². The number of hydrogen-bond donors (Lipinski definition) is 2. The highest BCUT2D eigenvalue weighted by atomic mass is 16.3. The zero-order valence-electron chi connectivity index (χ0n) is 13.9. The Bertz CT molecular complexity index is 719. The lowest BCUT2D eigenvalue weighted by atomic mass is 10.1. The van der Waals surface area contributed by atoms with E-state index in [-0.39, 0.29) is 6.54 Å². The first kappa shape index (κ1) is 17.3. The smallest absolute Gasteiger partial charge is 0.329 e. The van der Waals surface area contributed by atoms with E-state index < -0.39 is 11.8 Å². The monoisotopic (exact) mass is 328 g/mol. The first-order valence-corrected chi connectivity index (χ1v) is 7.40.